The Hall–Kier alpha value is -1.13. The van der Waals surface area contributed by atoms with E-state index in [1.54, 1.807) is 0 Å². The number of aliphatic hydroxyl groups excluding tert-OH is 1. The molecule has 94 valence electrons. The molecule has 1 heterocycles. The predicted octanol–water partition coefficient (Wildman–Crippen LogP) is 1.06. The Labute approximate surface area is 102 Å². The Morgan fingerprint density at radius 2 is 2.24 bits per heavy atom. The lowest BCUT2D eigenvalue weighted by molar-refractivity contribution is 0.246. The number of hydrogen-bond acceptors (Lipinski definition) is 3. The maximum atomic E-state index is 9.07. The first kappa shape index (κ1) is 12.3. The third-order valence-corrected chi connectivity index (χ3v) is 3.61. The van der Waals surface area contributed by atoms with Crippen LogP contribution in [-0.2, 0) is 13.6 Å². The molecule has 0 bridgehead atoms. The van der Waals surface area contributed by atoms with E-state index in [0.29, 0.717) is 12.0 Å². The standard InChI is InChI=1S/C13H21N3O/c1-9-13(10(2)16(3)15-9)7-14-12-5-4-11(6-12)8-17/h4-5,11-12,14,17H,6-8H2,1-3H3/t11-,12+/m0/s1. The summed E-state index contributed by atoms with van der Waals surface area (Å²) in [5.41, 5.74) is 3.60. The molecule has 0 radical (unpaired) electrons. The van der Waals surface area contributed by atoms with Crippen molar-refractivity contribution >= 4 is 0 Å². The molecule has 0 saturated heterocycles. The lowest BCUT2D eigenvalue weighted by Crippen LogP contribution is -2.26. The smallest absolute Gasteiger partial charge is 0.0641 e. The first-order chi connectivity index (χ1) is 8.11. The van der Waals surface area contributed by atoms with Crippen LogP contribution in [0.2, 0.25) is 0 Å². The normalized spacial score (nSPS) is 23.5. The highest BCUT2D eigenvalue weighted by Gasteiger charge is 2.18. The van der Waals surface area contributed by atoms with Gasteiger partial charge in [-0.2, -0.15) is 5.10 Å². The van der Waals surface area contributed by atoms with Crippen LogP contribution in [0.1, 0.15) is 23.4 Å². The second-order valence-electron chi connectivity index (χ2n) is 4.82. The second-order valence-corrected chi connectivity index (χ2v) is 4.82. The fourth-order valence-electron chi connectivity index (χ4n) is 2.37. The molecule has 2 rings (SSSR count). The molecule has 1 aromatic rings. The molecule has 0 fully saturated rings. The molecular formula is C13H21N3O. The zero-order valence-electron chi connectivity index (χ0n) is 10.8. The Morgan fingerprint density at radius 3 is 2.76 bits per heavy atom. The first-order valence-corrected chi connectivity index (χ1v) is 6.13. The van der Waals surface area contributed by atoms with E-state index in [1.165, 1.54) is 11.3 Å². The van der Waals surface area contributed by atoms with Crippen molar-refractivity contribution in [2.24, 2.45) is 13.0 Å². The van der Waals surface area contributed by atoms with E-state index < -0.39 is 0 Å². The fourth-order valence-corrected chi connectivity index (χ4v) is 2.37. The molecule has 4 nitrogen and oxygen atoms in total. The van der Waals surface area contributed by atoms with E-state index >= 15 is 0 Å². The number of nitrogens with zero attached hydrogens (tertiary/aromatic N) is 2. The monoisotopic (exact) mass is 235 g/mol. The van der Waals surface area contributed by atoms with Gasteiger partial charge in [0.2, 0.25) is 0 Å². The van der Waals surface area contributed by atoms with Gasteiger partial charge in [0.25, 0.3) is 0 Å². The van der Waals surface area contributed by atoms with Crippen LogP contribution in [0.25, 0.3) is 0 Å². The number of nitrogens with one attached hydrogen (secondary N) is 1. The summed E-state index contributed by atoms with van der Waals surface area (Å²) in [5.74, 6) is 0.323. The van der Waals surface area contributed by atoms with Crippen LogP contribution in [0.15, 0.2) is 12.2 Å². The molecule has 4 heteroatoms. The Bertz CT molecular complexity index is 423. The molecule has 0 aliphatic heterocycles. The van der Waals surface area contributed by atoms with E-state index in [9.17, 15) is 0 Å². The lowest BCUT2D eigenvalue weighted by Gasteiger charge is -2.12. The number of aryl methyl sites for hydroxylation is 2. The largest absolute Gasteiger partial charge is 0.396 e. The summed E-state index contributed by atoms with van der Waals surface area (Å²) in [7, 11) is 1.98. The van der Waals surface area contributed by atoms with Gasteiger partial charge in [0.05, 0.1) is 5.69 Å². The van der Waals surface area contributed by atoms with Crippen molar-refractivity contribution in [2.45, 2.75) is 32.9 Å². The SMILES string of the molecule is Cc1nn(C)c(C)c1CN[C@@H]1C=C[C@H](CO)C1. The zero-order valence-corrected chi connectivity index (χ0v) is 10.8. The molecule has 2 atom stereocenters. The van der Waals surface area contributed by atoms with Gasteiger partial charge in [0.1, 0.15) is 0 Å². The minimum atomic E-state index is 0.250. The molecule has 0 saturated carbocycles. The van der Waals surface area contributed by atoms with E-state index in [4.69, 9.17) is 5.11 Å². The van der Waals surface area contributed by atoms with Gasteiger partial charge in [-0.05, 0) is 20.3 Å². The van der Waals surface area contributed by atoms with Crippen molar-refractivity contribution in [3.63, 3.8) is 0 Å². The summed E-state index contributed by atoms with van der Waals surface area (Å²) in [5, 5.41) is 17.0. The van der Waals surface area contributed by atoms with Crippen LogP contribution in [0, 0.1) is 19.8 Å². The molecular weight excluding hydrogens is 214 g/mol. The van der Waals surface area contributed by atoms with Gasteiger partial charge in [0.15, 0.2) is 0 Å². The molecule has 1 aliphatic rings. The number of rotatable bonds is 4. The fraction of sp³-hybridized carbons (Fsp3) is 0.615. The topological polar surface area (TPSA) is 50.1 Å². The van der Waals surface area contributed by atoms with Crippen LogP contribution < -0.4 is 5.32 Å². The average Bonchev–Trinajstić information content (AvgIpc) is 2.84. The van der Waals surface area contributed by atoms with Crippen LogP contribution in [0.3, 0.4) is 0 Å². The molecule has 1 aromatic heterocycles. The molecule has 0 unspecified atom stereocenters. The molecule has 2 N–H and O–H groups in total. The number of hydrogen-bond donors (Lipinski definition) is 2. The molecule has 0 amide bonds. The van der Waals surface area contributed by atoms with Gasteiger partial charge in [-0.3, -0.25) is 4.68 Å². The van der Waals surface area contributed by atoms with Gasteiger partial charge in [-0.15, -0.1) is 0 Å². The minimum Gasteiger partial charge on any atom is -0.396 e. The van der Waals surface area contributed by atoms with E-state index in [2.05, 4.69) is 29.5 Å². The van der Waals surface area contributed by atoms with Crippen LogP contribution >= 0.6 is 0 Å². The minimum absolute atomic E-state index is 0.250. The molecule has 0 aromatic carbocycles. The Kier molecular flexibility index (Phi) is 3.64. The van der Waals surface area contributed by atoms with Gasteiger partial charge < -0.3 is 10.4 Å². The third kappa shape index (κ3) is 2.58. The zero-order chi connectivity index (χ0) is 12.4. The number of aliphatic hydroxyl groups is 1. The molecule has 1 aliphatic carbocycles. The summed E-state index contributed by atoms with van der Waals surface area (Å²) < 4.78 is 1.92. The van der Waals surface area contributed by atoms with Crippen LogP contribution in [-0.4, -0.2) is 27.5 Å². The Balaban J connectivity index is 1.93. The number of aromatic nitrogens is 2. The van der Waals surface area contributed by atoms with E-state index in [-0.39, 0.29) is 6.61 Å². The Morgan fingerprint density at radius 1 is 1.47 bits per heavy atom. The van der Waals surface area contributed by atoms with Crippen LogP contribution in [0.5, 0.6) is 0 Å². The summed E-state index contributed by atoms with van der Waals surface area (Å²) in [6, 6.07) is 0.381. The van der Waals surface area contributed by atoms with Gasteiger partial charge >= 0.3 is 0 Å². The second kappa shape index (κ2) is 5.02. The van der Waals surface area contributed by atoms with Crippen molar-refractivity contribution in [1.82, 2.24) is 15.1 Å². The maximum absolute atomic E-state index is 9.07. The van der Waals surface area contributed by atoms with Crippen molar-refractivity contribution in [3.8, 4) is 0 Å². The average molecular weight is 235 g/mol. The predicted molar refractivity (Wildman–Crippen MR) is 67.6 cm³/mol. The highest BCUT2D eigenvalue weighted by Crippen LogP contribution is 2.18. The van der Waals surface area contributed by atoms with E-state index in [1.807, 2.05) is 18.7 Å². The highest BCUT2D eigenvalue weighted by atomic mass is 16.3. The van der Waals surface area contributed by atoms with Gasteiger partial charge in [-0.25, -0.2) is 0 Å². The lowest BCUT2D eigenvalue weighted by atomic mass is 10.1. The summed E-state index contributed by atoms with van der Waals surface area (Å²) in [4.78, 5) is 0. The van der Waals surface area contributed by atoms with Crippen molar-refractivity contribution in [1.29, 1.82) is 0 Å². The van der Waals surface area contributed by atoms with Crippen molar-refractivity contribution in [2.75, 3.05) is 6.61 Å². The van der Waals surface area contributed by atoms with Gasteiger partial charge in [-0.1, -0.05) is 12.2 Å². The summed E-state index contributed by atoms with van der Waals surface area (Å²) >= 11 is 0. The molecule has 0 spiro atoms. The van der Waals surface area contributed by atoms with Crippen molar-refractivity contribution in [3.05, 3.63) is 29.1 Å². The van der Waals surface area contributed by atoms with Crippen LogP contribution in [0.4, 0.5) is 0 Å². The molecule has 17 heavy (non-hydrogen) atoms. The van der Waals surface area contributed by atoms with Crippen molar-refractivity contribution < 1.29 is 5.11 Å². The van der Waals surface area contributed by atoms with E-state index in [0.717, 1.165) is 18.7 Å². The quantitative estimate of drug-likeness (QED) is 0.767. The summed E-state index contributed by atoms with van der Waals surface area (Å²) in [6.07, 6.45) is 5.25. The third-order valence-electron chi connectivity index (χ3n) is 3.61. The van der Waals surface area contributed by atoms with Gasteiger partial charge in [0, 0.05) is 43.4 Å². The first-order valence-electron chi connectivity index (χ1n) is 6.13. The highest BCUT2D eigenvalue weighted by molar-refractivity contribution is 5.24. The maximum Gasteiger partial charge on any atom is 0.0641 e. The summed E-state index contributed by atoms with van der Waals surface area (Å²) in [6.45, 7) is 5.24.